The maximum absolute atomic E-state index is 6.19. The third-order valence-electron chi connectivity index (χ3n) is 4.70. The number of hydrogen-bond acceptors (Lipinski definition) is 3. The summed E-state index contributed by atoms with van der Waals surface area (Å²) in [5.41, 5.74) is 3.69. The molecule has 1 saturated heterocycles. The molecule has 3 heteroatoms. The highest BCUT2D eigenvalue weighted by Crippen LogP contribution is 2.61. The van der Waals surface area contributed by atoms with Gasteiger partial charge in [-0.2, -0.15) is 0 Å². The highest BCUT2D eigenvalue weighted by molar-refractivity contribution is 8.01. The molecule has 3 aromatic rings. The molecular formula is C21H17NOS. The van der Waals surface area contributed by atoms with Gasteiger partial charge in [0.15, 0.2) is 0 Å². The lowest BCUT2D eigenvalue weighted by atomic mass is 9.98. The third kappa shape index (κ3) is 2.16. The van der Waals surface area contributed by atoms with Gasteiger partial charge in [-0.3, -0.25) is 0 Å². The Kier molecular flexibility index (Phi) is 3.18. The van der Waals surface area contributed by atoms with E-state index in [1.165, 1.54) is 21.7 Å². The Morgan fingerprint density at radius 2 is 1.46 bits per heavy atom. The van der Waals surface area contributed by atoms with Crippen molar-refractivity contribution in [3.63, 3.8) is 0 Å². The van der Waals surface area contributed by atoms with Crippen LogP contribution in [0, 0.1) is 0 Å². The molecule has 0 amide bonds. The van der Waals surface area contributed by atoms with E-state index in [2.05, 4.69) is 84.2 Å². The Bertz CT molecular complexity index is 840. The van der Waals surface area contributed by atoms with E-state index in [1.807, 2.05) is 17.8 Å². The molecule has 0 radical (unpaired) electrons. The molecule has 1 N–H and O–H groups in total. The minimum Gasteiger partial charge on any atom is -0.364 e. The van der Waals surface area contributed by atoms with Gasteiger partial charge in [0.2, 0.25) is 0 Å². The van der Waals surface area contributed by atoms with Gasteiger partial charge in [-0.25, -0.2) is 0 Å². The Labute approximate surface area is 145 Å². The molecular weight excluding hydrogens is 314 g/mol. The van der Waals surface area contributed by atoms with Crippen LogP contribution in [0.2, 0.25) is 0 Å². The molecule has 2 aliphatic heterocycles. The van der Waals surface area contributed by atoms with Crippen molar-refractivity contribution in [2.45, 2.75) is 22.0 Å². The summed E-state index contributed by atoms with van der Waals surface area (Å²) in [5.74, 6) is 0. The number of fused-ring (bicyclic) bond motifs is 1. The van der Waals surface area contributed by atoms with Gasteiger partial charge in [0.05, 0.1) is 0 Å². The lowest BCUT2D eigenvalue weighted by Crippen LogP contribution is -2.34. The number of ether oxygens (including phenoxy) is 1. The largest absolute Gasteiger partial charge is 0.364 e. The van der Waals surface area contributed by atoms with E-state index in [-0.39, 0.29) is 17.1 Å². The van der Waals surface area contributed by atoms with Gasteiger partial charge in [-0.1, -0.05) is 84.6 Å². The number of benzene rings is 3. The molecule has 24 heavy (non-hydrogen) atoms. The van der Waals surface area contributed by atoms with E-state index in [9.17, 15) is 0 Å². The van der Waals surface area contributed by atoms with Crippen LogP contribution in [0.4, 0.5) is 5.69 Å². The maximum Gasteiger partial charge on any atom is 0.143 e. The molecule has 3 atom stereocenters. The molecule has 0 saturated carbocycles. The SMILES string of the molecule is c1ccc([C@H]2O[C@@H]2[C@@]2(c3ccccc3)Nc3ccccc3S2)cc1. The average Bonchev–Trinajstić information content (AvgIpc) is 3.37. The highest BCUT2D eigenvalue weighted by atomic mass is 32.2. The van der Waals surface area contributed by atoms with Crippen molar-refractivity contribution in [1.82, 2.24) is 0 Å². The maximum atomic E-state index is 6.19. The van der Waals surface area contributed by atoms with Crippen molar-refractivity contribution >= 4 is 17.4 Å². The molecule has 1 fully saturated rings. The Hall–Kier alpha value is -2.23. The second kappa shape index (κ2) is 5.40. The Balaban J connectivity index is 1.56. The first kappa shape index (κ1) is 14.1. The zero-order chi connectivity index (χ0) is 16.0. The van der Waals surface area contributed by atoms with Crippen molar-refractivity contribution in [1.29, 1.82) is 0 Å². The topological polar surface area (TPSA) is 24.6 Å². The van der Waals surface area contributed by atoms with Crippen molar-refractivity contribution in [2.24, 2.45) is 0 Å². The monoisotopic (exact) mass is 331 g/mol. The van der Waals surface area contributed by atoms with E-state index >= 15 is 0 Å². The van der Waals surface area contributed by atoms with E-state index in [0.29, 0.717) is 0 Å². The lowest BCUT2D eigenvalue weighted by Gasteiger charge is -2.28. The van der Waals surface area contributed by atoms with Crippen LogP contribution in [-0.4, -0.2) is 6.10 Å². The van der Waals surface area contributed by atoms with E-state index in [0.717, 1.165) is 0 Å². The van der Waals surface area contributed by atoms with Crippen LogP contribution >= 0.6 is 11.8 Å². The van der Waals surface area contributed by atoms with Crippen LogP contribution in [0.15, 0.2) is 89.8 Å². The van der Waals surface area contributed by atoms with Gasteiger partial charge >= 0.3 is 0 Å². The number of epoxide rings is 1. The molecule has 118 valence electrons. The van der Waals surface area contributed by atoms with Gasteiger partial charge in [0, 0.05) is 10.6 Å². The van der Waals surface area contributed by atoms with Gasteiger partial charge in [-0.05, 0) is 23.3 Å². The fourth-order valence-corrected chi connectivity index (χ4v) is 4.92. The molecule has 0 unspecified atom stereocenters. The Morgan fingerprint density at radius 3 is 2.21 bits per heavy atom. The number of hydrogen-bond donors (Lipinski definition) is 1. The summed E-state index contributed by atoms with van der Waals surface area (Å²) >= 11 is 1.87. The molecule has 2 heterocycles. The van der Waals surface area contributed by atoms with Crippen molar-refractivity contribution < 1.29 is 4.74 Å². The summed E-state index contributed by atoms with van der Waals surface area (Å²) in [4.78, 5) is 1.01. The molecule has 0 aliphatic carbocycles. The second-order valence-corrected chi connectivity index (χ2v) is 7.50. The van der Waals surface area contributed by atoms with Crippen LogP contribution in [0.3, 0.4) is 0 Å². The van der Waals surface area contributed by atoms with E-state index < -0.39 is 0 Å². The third-order valence-corrected chi connectivity index (χ3v) is 6.17. The molecule has 0 bridgehead atoms. The zero-order valence-corrected chi connectivity index (χ0v) is 13.9. The van der Waals surface area contributed by atoms with Crippen LogP contribution in [0.1, 0.15) is 17.2 Å². The average molecular weight is 331 g/mol. The first-order chi connectivity index (χ1) is 11.9. The molecule has 3 aromatic carbocycles. The van der Waals surface area contributed by atoms with Crippen molar-refractivity contribution in [3.8, 4) is 0 Å². The summed E-state index contributed by atoms with van der Waals surface area (Å²) in [5, 5.41) is 3.76. The summed E-state index contributed by atoms with van der Waals surface area (Å²) in [6.07, 6.45) is 0.250. The summed E-state index contributed by atoms with van der Waals surface area (Å²) < 4.78 is 6.19. The van der Waals surface area contributed by atoms with Crippen LogP contribution in [0.25, 0.3) is 0 Å². The first-order valence-corrected chi connectivity index (χ1v) is 9.01. The van der Waals surface area contributed by atoms with Crippen LogP contribution < -0.4 is 5.32 Å². The predicted octanol–water partition coefficient (Wildman–Crippen LogP) is 5.20. The first-order valence-electron chi connectivity index (χ1n) is 8.19. The number of thioether (sulfide) groups is 1. The molecule has 0 aromatic heterocycles. The highest BCUT2D eigenvalue weighted by Gasteiger charge is 2.59. The quantitative estimate of drug-likeness (QED) is 0.668. The van der Waals surface area contributed by atoms with Gasteiger partial charge < -0.3 is 10.1 Å². The predicted molar refractivity (Wildman–Crippen MR) is 98.1 cm³/mol. The van der Waals surface area contributed by atoms with Gasteiger partial charge in [0.25, 0.3) is 0 Å². The Morgan fingerprint density at radius 1 is 0.792 bits per heavy atom. The van der Waals surface area contributed by atoms with Crippen LogP contribution in [0.5, 0.6) is 0 Å². The second-order valence-electron chi connectivity index (χ2n) is 6.21. The molecule has 0 spiro atoms. The number of nitrogens with one attached hydrogen (secondary N) is 1. The van der Waals surface area contributed by atoms with Crippen LogP contribution in [-0.2, 0) is 9.61 Å². The number of rotatable bonds is 3. The minimum atomic E-state index is -0.272. The fourth-order valence-electron chi connectivity index (χ4n) is 3.49. The number of anilines is 1. The molecule has 2 nitrogen and oxygen atoms in total. The van der Waals surface area contributed by atoms with Gasteiger partial charge in [-0.15, -0.1) is 0 Å². The smallest absolute Gasteiger partial charge is 0.143 e. The summed E-state index contributed by atoms with van der Waals surface area (Å²) in [7, 11) is 0. The van der Waals surface area contributed by atoms with E-state index in [1.54, 1.807) is 0 Å². The number of para-hydroxylation sites is 1. The fraction of sp³-hybridized carbons (Fsp3) is 0.143. The molecule has 2 aliphatic rings. The van der Waals surface area contributed by atoms with Gasteiger partial charge in [0.1, 0.15) is 17.1 Å². The lowest BCUT2D eigenvalue weighted by molar-refractivity contribution is 0.348. The van der Waals surface area contributed by atoms with Crippen molar-refractivity contribution in [3.05, 3.63) is 96.1 Å². The minimum absolute atomic E-state index is 0.111. The zero-order valence-electron chi connectivity index (χ0n) is 13.1. The molecule has 5 rings (SSSR count). The normalized spacial score (nSPS) is 27.3. The standard InChI is InChI=1S/C21H17NOS/c1-3-9-15(10-4-1)19-20(23-19)21(16-11-5-2-6-12-16)22-17-13-7-8-14-18(17)24-21/h1-14,19-20,22H/t19-,20+,21+/m1/s1. The van der Waals surface area contributed by atoms with Crippen molar-refractivity contribution in [2.75, 3.05) is 5.32 Å². The van der Waals surface area contributed by atoms with E-state index in [4.69, 9.17) is 4.74 Å². The summed E-state index contributed by atoms with van der Waals surface area (Å²) in [6, 6.07) is 29.6. The summed E-state index contributed by atoms with van der Waals surface area (Å²) in [6.45, 7) is 0.